The Balaban J connectivity index is 1.50. The quantitative estimate of drug-likeness (QED) is 0.211. The topological polar surface area (TPSA) is 49.2 Å². The highest BCUT2D eigenvalue weighted by atomic mass is 28.4. The molecule has 0 saturated heterocycles. The zero-order chi connectivity index (χ0) is 26.6. The standard InChI is InChI=1S/C30H51N3O2Si/c1-23-24(2)28-26(25(3)27(23)35-36(8,9)29(4,5)6)17-19-30(7,34-28)18-15-13-11-10-12-14-16-22-33-31-20-21-32-33/h20-21H,10-19,22H2,1-9H3. The average Bonchev–Trinajstić information content (AvgIpc) is 3.32. The number of rotatable bonds is 12. The SMILES string of the molecule is Cc1c(C)c2c(c(C)c1O[Si](C)(C)C(C)(C)C)CCC(C)(CCCCCCCCCn1nccn1)O2. The van der Waals surface area contributed by atoms with E-state index in [-0.39, 0.29) is 10.6 Å². The molecule has 1 aliphatic rings. The van der Waals surface area contributed by atoms with E-state index in [2.05, 4.69) is 71.8 Å². The number of benzene rings is 1. The van der Waals surface area contributed by atoms with Gasteiger partial charge in [-0.3, -0.25) is 0 Å². The lowest BCUT2D eigenvalue weighted by Crippen LogP contribution is -2.44. The lowest BCUT2D eigenvalue weighted by Gasteiger charge is -2.41. The van der Waals surface area contributed by atoms with Crippen molar-refractivity contribution < 1.29 is 9.16 Å². The second-order valence-electron chi connectivity index (χ2n) is 12.8. The molecule has 1 aliphatic heterocycles. The van der Waals surface area contributed by atoms with E-state index in [0.717, 1.165) is 37.3 Å². The van der Waals surface area contributed by atoms with Crippen molar-refractivity contribution in [3.8, 4) is 11.5 Å². The van der Waals surface area contributed by atoms with Crippen LogP contribution < -0.4 is 9.16 Å². The molecule has 0 amide bonds. The zero-order valence-corrected chi connectivity index (χ0v) is 25.6. The Bertz CT molecular complexity index is 995. The van der Waals surface area contributed by atoms with Crippen molar-refractivity contribution in [3.63, 3.8) is 0 Å². The Labute approximate surface area is 221 Å². The van der Waals surface area contributed by atoms with Gasteiger partial charge in [0.25, 0.3) is 8.32 Å². The van der Waals surface area contributed by atoms with Gasteiger partial charge in [0.1, 0.15) is 17.1 Å². The second kappa shape index (κ2) is 11.7. The van der Waals surface area contributed by atoms with E-state index in [1.54, 1.807) is 17.2 Å². The molecule has 1 unspecified atom stereocenters. The van der Waals surface area contributed by atoms with Crippen LogP contribution in [0.2, 0.25) is 18.1 Å². The predicted molar refractivity (Wildman–Crippen MR) is 153 cm³/mol. The Kier molecular flexibility index (Phi) is 9.34. The third kappa shape index (κ3) is 6.93. The lowest BCUT2D eigenvalue weighted by atomic mass is 9.84. The summed E-state index contributed by atoms with van der Waals surface area (Å²) >= 11 is 0. The first-order valence-corrected chi connectivity index (χ1v) is 17.1. The van der Waals surface area contributed by atoms with Crippen molar-refractivity contribution in [1.29, 1.82) is 0 Å². The molecular weight excluding hydrogens is 462 g/mol. The molecule has 202 valence electrons. The largest absolute Gasteiger partial charge is 0.543 e. The molecule has 2 heterocycles. The fourth-order valence-corrected chi connectivity index (χ4v) is 6.14. The third-order valence-electron chi connectivity index (χ3n) is 8.76. The predicted octanol–water partition coefficient (Wildman–Crippen LogP) is 8.49. The Morgan fingerprint density at radius 1 is 0.917 bits per heavy atom. The van der Waals surface area contributed by atoms with E-state index in [1.165, 1.54) is 67.2 Å². The van der Waals surface area contributed by atoms with E-state index < -0.39 is 8.32 Å². The molecule has 1 aromatic heterocycles. The maximum atomic E-state index is 6.85. The van der Waals surface area contributed by atoms with Crippen LogP contribution in [0, 0.1) is 20.8 Å². The van der Waals surface area contributed by atoms with Gasteiger partial charge in [0.15, 0.2) is 0 Å². The number of aromatic nitrogens is 3. The first kappa shape index (κ1) is 28.7. The molecule has 0 aliphatic carbocycles. The third-order valence-corrected chi connectivity index (χ3v) is 13.1. The summed E-state index contributed by atoms with van der Waals surface area (Å²) < 4.78 is 13.6. The Morgan fingerprint density at radius 2 is 1.50 bits per heavy atom. The monoisotopic (exact) mass is 513 g/mol. The molecule has 1 aromatic carbocycles. The van der Waals surface area contributed by atoms with Gasteiger partial charge in [0.05, 0.1) is 18.9 Å². The molecule has 3 rings (SSSR count). The van der Waals surface area contributed by atoms with Gasteiger partial charge >= 0.3 is 0 Å². The molecule has 0 saturated carbocycles. The van der Waals surface area contributed by atoms with Crippen LogP contribution >= 0.6 is 0 Å². The summed E-state index contributed by atoms with van der Waals surface area (Å²) in [5.74, 6) is 2.25. The van der Waals surface area contributed by atoms with Crippen LogP contribution in [0.4, 0.5) is 0 Å². The van der Waals surface area contributed by atoms with Crippen molar-refractivity contribution in [1.82, 2.24) is 15.0 Å². The van der Waals surface area contributed by atoms with Gasteiger partial charge in [-0.25, -0.2) is 0 Å². The van der Waals surface area contributed by atoms with E-state index in [0.29, 0.717) is 0 Å². The van der Waals surface area contributed by atoms with Crippen molar-refractivity contribution >= 4 is 8.32 Å². The second-order valence-corrected chi connectivity index (χ2v) is 17.5. The van der Waals surface area contributed by atoms with Crippen LogP contribution in [-0.4, -0.2) is 28.9 Å². The first-order chi connectivity index (χ1) is 16.8. The maximum absolute atomic E-state index is 6.85. The summed E-state index contributed by atoms with van der Waals surface area (Å²) in [5, 5.41) is 8.52. The molecule has 6 heteroatoms. The molecule has 0 bridgehead atoms. The zero-order valence-electron chi connectivity index (χ0n) is 24.6. The minimum atomic E-state index is -1.90. The van der Waals surface area contributed by atoms with Gasteiger partial charge < -0.3 is 9.16 Å². The van der Waals surface area contributed by atoms with Gasteiger partial charge in [-0.05, 0) is 94.6 Å². The summed E-state index contributed by atoms with van der Waals surface area (Å²) in [4.78, 5) is 1.79. The molecular formula is C30H51N3O2Si. The molecule has 5 nitrogen and oxygen atoms in total. The molecule has 36 heavy (non-hydrogen) atoms. The van der Waals surface area contributed by atoms with E-state index in [4.69, 9.17) is 9.16 Å². The number of aryl methyl sites for hydroxylation is 1. The fraction of sp³-hybridized carbons (Fsp3) is 0.733. The van der Waals surface area contributed by atoms with Crippen molar-refractivity contribution in [2.75, 3.05) is 0 Å². The Morgan fingerprint density at radius 3 is 2.11 bits per heavy atom. The number of ether oxygens (including phenoxy) is 1. The van der Waals surface area contributed by atoms with Gasteiger partial charge in [-0.1, -0.05) is 52.9 Å². The number of hydrogen-bond acceptors (Lipinski definition) is 4. The minimum absolute atomic E-state index is 0.0603. The molecule has 2 aromatic rings. The molecule has 0 spiro atoms. The minimum Gasteiger partial charge on any atom is -0.543 e. The van der Waals surface area contributed by atoms with Gasteiger partial charge in [-0.15, -0.1) is 0 Å². The highest BCUT2D eigenvalue weighted by Crippen LogP contribution is 2.47. The fourth-order valence-electron chi connectivity index (χ4n) is 5.01. The van der Waals surface area contributed by atoms with Crippen LogP contribution in [0.25, 0.3) is 0 Å². The highest BCUT2D eigenvalue weighted by Gasteiger charge is 2.41. The summed E-state index contributed by atoms with van der Waals surface area (Å²) in [6.45, 7) is 21.5. The van der Waals surface area contributed by atoms with E-state index in [1.807, 2.05) is 0 Å². The number of nitrogens with zero attached hydrogens (tertiary/aromatic N) is 3. The van der Waals surface area contributed by atoms with Crippen molar-refractivity contribution in [3.05, 3.63) is 34.6 Å². The normalized spacial score (nSPS) is 18.1. The van der Waals surface area contributed by atoms with Crippen LogP contribution in [0.15, 0.2) is 12.4 Å². The summed E-state index contributed by atoms with van der Waals surface area (Å²) in [6, 6.07) is 0. The van der Waals surface area contributed by atoms with Crippen molar-refractivity contribution in [2.24, 2.45) is 0 Å². The lowest BCUT2D eigenvalue weighted by molar-refractivity contribution is 0.0522. The maximum Gasteiger partial charge on any atom is 0.250 e. The van der Waals surface area contributed by atoms with Crippen LogP contribution in [0.3, 0.4) is 0 Å². The van der Waals surface area contributed by atoms with Crippen LogP contribution in [0.5, 0.6) is 11.5 Å². The van der Waals surface area contributed by atoms with Crippen LogP contribution in [0.1, 0.15) is 108 Å². The molecule has 0 radical (unpaired) electrons. The molecule has 1 atom stereocenters. The average molecular weight is 514 g/mol. The molecule has 0 N–H and O–H groups in total. The van der Waals surface area contributed by atoms with Gasteiger partial charge in [-0.2, -0.15) is 15.0 Å². The number of unbranched alkanes of at least 4 members (excludes halogenated alkanes) is 6. The summed E-state index contributed by atoms with van der Waals surface area (Å²) in [5.41, 5.74) is 5.12. The van der Waals surface area contributed by atoms with Crippen LogP contribution in [-0.2, 0) is 13.0 Å². The summed E-state index contributed by atoms with van der Waals surface area (Å²) in [7, 11) is -1.90. The smallest absolute Gasteiger partial charge is 0.250 e. The molecule has 0 fully saturated rings. The Hall–Kier alpha value is -1.82. The highest BCUT2D eigenvalue weighted by molar-refractivity contribution is 6.74. The van der Waals surface area contributed by atoms with Gasteiger partial charge in [0.2, 0.25) is 0 Å². The first-order valence-electron chi connectivity index (χ1n) is 14.2. The van der Waals surface area contributed by atoms with E-state index in [9.17, 15) is 0 Å². The van der Waals surface area contributed by atoms with Crippen molar-refractivity contribution in [2.45, 2.75) is 143 Å². The van der Waals surface area contributed by atoms with Gasteiger partial charge in [0, 0.05) is 5.56 Å². The summed E-state index contributed by atoms with van der Waals surface area (Å²) in [6.07, 6.45) is 15.7. The number of hydrogen-bond donors (Lipinski definition) is 0. The number of fused-ring (bicyclic) bond motifs is 1. The van der Waals surface area contributed by atoms with E-state index >= 15 is 0 Å².